The Balaban J connectivity index is 2.02. The van der Waals surface area contributed by atoms with Crippen LogP contribution in [0.25, 0.3) is 11.3 Å². The van der Waals surface area contributed by atoms with E-state index in [-0.39, 0.29) is 0 Å². The predicted molar refractivity (Wildman–Crippen MR) is 75.0 cm³/mol. The van der Waals surface area contributed by atoms with E-state index in [1.54, 1.807) is 6.20 Å². The Morgan fingerprint density at radius 1 is 1.47 bits per heavy atom. The lowest BCUT2D eigenvalue weighted by atomic mass is 10.1. The van der Waals surface area contributed by atoms with Gasteiger partial charge in [0.2, 0.25) is 0 Å². The molecule has 0 amide bonds. The Labute approximate surface area is 119 Å². The molecule has 1 aromatic carbocycles. The molecule has 1 aliphatic carbocycles. The van der Waals surface area contributed by atoms with E-state index < -0.39 is 11.4 Å². The van der Waals surface area contributed by atoms with Crippen molar-refractivity contribution in [1.82, 2.24) is 9.97 Å². The number of carboxylic acids is 1. The quantitative estimate of drug-likeness (QED) is 0.912. The Hall–Kier alpha value is -1.62. The van der Waals surface area contributed by atoms with Crippen LogP contribution in [-0.2, 0) is 10.2 Å². The van der Waals surface area contributed by atoms with Gasteiger partial charge in [-0.3, -0.25) is 4.79 Å². The van der Waals surface area contributed by atoms with Gasteiger partial charge in [0, 0.05) is 10.0 Å². The number of carboxylic acid groups (broad SMARTS) is 1. The lowest BCUT2D eigenvalue weighted by molar-refractivity contribution is -0.140. The third-order valence-corrected chi connectivity index (χ3v) is 4.17. The maximum atomic E-state index is 11.3. The summed E-state index contributed by atoms with van der Waals surface area (Å²) >= 11 is 3.45. The van der Waals surface area contributed by atoms with E-state index in [1.165, 1.54) is 0 Å². The molecule has 4 nitrogen and oxygen atoms in total. The minimum Gasteiger partial charge on any atom is -0.480 e. The number of aliphatic carboxylic acids is 1. The third kappa shape index (κ3) is 1.98. The van der Waals surface area contributed by atoms with Crippen LogP contribution in [0.5, 0.6) is 0 Å². The second kappa shape index (κ2) is 4.20. The van der Waals surface area contributed by atoms with Crippen molar-refractivity contribution >= 4 is 21.9 Å². The first-order valence-corrected chi connectivity index (χ1v) is 6.88. The number of H-pyrrole nitrogens is 1. The molecule has 98 valence electrons. The van der Waals surface area contributed by atoms with Gasteiger partial charge in [-0.2, -0.15) is 0 Å². The summed E-state index contributed by atoms with van der Waals surface area (Å²) in [6.07, 6.45) is 3.03. The van der Waals surface area contributed by atoms with Gasteiger partial charge in [-0.1, -0.05) is 22.0 Å². The molecular weight excluding hydrogens is 308 g/mol. The lowest BCUT2D eigenvalue weighted by Gasteiger charge is -2.06. The molecule has 1 aliphatic rings. The number of rotatable bonds is 3. The van der Waals surface area contributed by atoms with Crippen molar-refractivity contribution in [2.45, 2.75) is 25.2 Å². The highest BCUT2D eigenvalue weighted by Crippen LogP contribution is 2.47. The topological polar surface area (TPSA) is 66.0 Å². The number of hydrogen-bond donors (Lipinski definition) is 2. The van der Waals surface area contributed by atoms with Crippen molar-refractivity contribution in [2.24, 2.45) is 0 Å². The highest BCUT2D eigenvalue weighted by atomic mass is 79.9. The second-order valence-corrected chi connectivity index (χ2v) is 5.91. The average Bonchev–Trinajstić information content (AvgIpc) is 3.05. The summed E-state index contributed by atoms with van der Waals surface area (Å²) in [5, 5.41) is 9.27. The van der Waals surface area contributed by atoms with Crippen LogP contribution in [0.2, 0.25) is 0 Å². The van der Waals surface area contributed by atoms with E-state index in [0.29, 0.717) is 18.7 Å². The zero-order chi connectivity index (χ0) is 13.6. The molecule has 2 aromatic rings. The maximum absolute atomic E-state index is 11.3. The van der Waals surface area contributed by atoms with Crippen molar-refractivity contribution < 1.29 is 9.90 Å². The Morgan fingerprint density at radius 2 is 2.21 bits per heavy atom. The van der Waals surface area contributed by atoms with Crippen molar-refractivity contribution in [3.63, 3.8) is 0 Å². The first-order chi connectivity index (χ1) is 9.03. The van der Waals surface area contributed by atoms with Crippen LogP contribution in [0.3, 0.4) is 0 Å². The summed E-state index contributed by atoms with van der Waals surface area (Å²) in [4.78, 5) is 18.7. The zero-order valence-electron chi connectivity index (χ0n) is 10.4. The number of halogens is 1. The first-order valence-electron chi connectivity index (χ1n) is 6.08. The SMILES string of the molecule is Cc1ccc(Br)cc1-c1cnc(C2(C(=O)O)CC2)[nH]1. The molecule has 0 spiro atoms. The van der Waals surface area contributed by atoms with Crippen LogP contribution in [0.1, 0.15) is 24.2 Å². The monoisotopic (exact) mass is 320 g/mol. The van der Waals surface area contributed by atoms with E-state index in [1.807, 2.05) is 25.1 Å². The van der Waals surface area contributed by atoms with Gasteiger partial charge >= 0.3 is 5.97 Å². The second-order valence-electron chi connectivity index (χ2n) is 4.99. The minimum absolute atomic E-state index is 0.564. The molecule has 5 heteroatoms. The van der Waals surface area contributed by atoms with Crippen LogP contribution in [-0.4, -0.2) is 21.0 Å². The fraction of sp³-hybridized carbons (Fsp3) is 0.286. The predicted octanol–water partition coefficient (Wildman–Crippen LogP) is 3.26. The molecule has 0 bridgehead atoms. The molecule has 0 radical (unpaired) electrons. The molecule has 3 rings (SSSR count). The van der Waals surface area contributed by atoms with Gasteiger partial charge in [0.05, 0.1) is 11.9 Å². The first kappa shape index (κ1) is 12.4. The van der Waals surface area contributed by atoms with Crippen molar-refractivity contribution in [2.75, 3.05) is 0 Å². The van der Waals surface area contributed by atoms with Gasteiger partial charge in [0.15, 0.2) is 0 Å². The molecular formula is C14H13BrN2O2. The molecule has 1 fully saturated rings. The number of benzene rings is 1. The zero-order valence-corrected chi connectivity index (χ0v) is 12.0. The van der Waals surface area contributed by atoms with Crippen LogP contribution in [0.15, 0.2) is 28.9 Å². The Morgan fingerprint density at radius 3 is 2.84 bits per heavy atom. The largest absolute Gasteiger partial charge is 0.480 e. The van der Waals surface area contributed by atoms with Gasteiger partial charge in [-0.15, -0.1) is 0 Å². The summed E-state index contributed by atoms with van der Waals surface area (Å²) in [6.45, 7) is 2.02. The van der Waals surface area contributed by atoms with Crippen LogP contribution in [0.4, 0.5) is 0 Å². The normalized spacial score (nSPS) is 16.3. The fourth-order valence-corrected chi connectivity index (χ4v) is 2.62. The molecule has 0 saturated heterocycles. The summed E-state index contributed by atoms with van der Waals surface area (Å²) in [6, 6.07) is 6.01. The molecule has 1 saturated carbocycles. The Kier molecular flexibility index (Phi) is 2.74. The summed E-state index contributed by atoms with van der Waals surface area (Å²) in [5.41, 5.74) is 2.24. The standard InChI is InChI=1S/C14H13BrN2O2/c1-8-2-3-9(15)6-10(8)11-7-16-12(17-11)14(4-5-14)13(18)19/h2-3,6-7H,4-5H2,1H3,(H,16,17)(H,18,19). The number of nitrogens with one attached hydrogen (secondary N) is 1. The van der Waals surface area contributed by atoms with Crippen LogP contribution >= 0.6 is 15.9 Å². The van der Waals surface area contributed by atoms with Gasteiger partial charge in [0.1, 0.15) is 11.2 Å². The number of aromatic nitrogens is 2. The minimum atomic E-state index is -0.792. The number of aryl methyl sites for hydroxylation is 1. The van der Waals surface area contributed by atoms with E-state index in [9.17, 15) is 9.90 Å². The van der Waals surface area contributed by atoms with Gasteiger partial charge < -0.3 is 10.1 Å². The molecule has 0 aliphatic heterocycles. The van der Waals surface area contributed by atoms with Gasteiger partial charge in [0.25, 0.3) is 0 Å². The van der Waals surface area contributed by atoms with E-state index in [0.717, 1.165) is 21.3 Å². The summed E-state index contributed by atoms with van der Waals surface area (Å²) in [7, 11) is 0. The molecule has 19 heavy (non-hydrogen) atoms. The van der Waals surface area contributed by atoms with Crippen LogP contribution in [0, 0.1) is 6.92 Å². The number of hydrogen-bond acceptors (Lipinski definition) is 2. The molecule has 0 atom stereocenters. The average molecular weight is 321 g/mol. The highest BCUT2D eigenvalue weighted by molar-refractivity contribution is 9.10. The van der Waals surface area contributed by atoms with Gasteiger partial charge in [-0.25, -0.2) is 4.98 Å². The molecule has 1 heterocycles. The number of nitrogens with zero attached hydrogens (tertiary/aromatic N) is 1. The highest BCUT2D eigenvalue weighted by Gasteiger charge is 2.54. The summed E-state index contributed by atoms with van der Waals surface area (Å²) in [5.74, 6) is -0.228. The Bertz CT molecular complexity index is 659. The third-order valence-electron chi connectivity index (χ3n) is 3.68. The number of imidazole rings is 1. The number of aromatic amines is 1. The van der Waals surface area contributed by atoms with Gasteiger partial charge in [-0.05, 0) is 37.5 Å². The van der Waals surface area contributed by atoms with Crippen molar-refractivity contribution in [3.8, 4) is 11.3 Å². The van der Waals surface area contributed by atoms with E-state index in [2.05, 4.69) is 25.9 Å². The van der Waals surface area contributed by atoms with Crippen molar-refractivity contribution in [1.29, 1.82) is 0 Å². The molecule has 1 aromatic heterocycles. The van der Waals surface area contributed by atoms with E-state index in [4.69, 9.17) is 0 Å². The smallest absolute Gasteiger partial charge is 0.317 e. The molecule has 0 unspecified atom stereocenters. The molecule has 2 N–H and O–H groups in total. The summed E-state index contributed by atoms with van der Waals surface area (Å²) < 4.78 is 0.989. The van der Waals surface area contributed by atoms with E-state index >= 15 is 0 Å². The fourth-order valence-electron chi connectivity index (χ4n) is 2.26. The lowest BCUT2D eigenvalue weighted by Crippen LogP contribution is -2.20. The van der Waals surface area contributed by atoms with Crippen LogP contribution < -0.4 is 0 Å². The maximum Gasteiger partial charge on any atom is 0.317 e. The van der Waals surface area contributed by atoms with Crippen molar-refractivity contribution in [3.05, 3.63) is 40.3 Å². The number of carbonyl (C=O) groups is 1.